The number of carbonyl (C=O) groups excluding carboxylic acids is 3. The third-order valence-corrected chi connectivity index (χ3v) is 5.28. The summed E-state index contributed by atoms with van der Waals surface area (Å²) in [6, 6.07) is 9.69. The number of benzene rings is 1. The molecule has 2 N–H and O–H groups in total. The predicted octanol–water partition coefficient (Wildman–Crippen LogP) is 0.991. The minimum absolute atomic E-state index is 0.0680. The van der Waals surface area contributed by atoms with Crippen molar-refractivity contribution < 1.29 is 14.4 Å². The van der Waals surface area contributed by atoms with Crippen LogP contribution in [0, 0.1) is 5.92 Å². The fourth-order valence-corrected chi connectivity index (χ4v) is 3.76. The number of nitrogens with zero attached hydrogens (tertiary/aromatic N) is 1. The van der Waals surface area contributed by atoms with Crippen LogP contribution in [0.4, 0.5) is 4.79 Å². The summed E-state index contributed by atoms with van der Waals surface area (Å²) in [7, 11) is 0. The second kappa shape index (κ2) is 5.08. The molecule has 4 rings (SSSR count). The molecular weight excluding hydrogens is 294 g/mol. The van der Waals surface area contributed by atoms with Gasteiger partial charge in [0, 0.05) is 19.0 Å². The summed E-state index contributed by atoms with van der Waals surface area (Å²) in [6.45, 7) is 1.04. The van der Waals surface area contributed by atoms with Crippen LogP contribution >= 0.6 is 0 Å². The Morgan fingerprint density at radius 2 is 1.83 bits per heavy atom. The van der Waals surface area contributed by atoms with E-state index in [1.165, 1.54) is 5.56 Å². The van der Waals surface area contributed by atoms with Gasteiger partial charge in [-0.1, -0.05) is 30.3 Å². The average molecular weight is 313 g/mol. The molecule has 6 nitrogen and oxygen atoms in total. The first-order chi connectivity index (χ1) is 11.1. The normalized spacial score (nSPS) is 28.4. The molecule has 3 aliphatic rings. The molecule has 0 bridgehead atoms. The smallest absolute Gasteiger partial charge is 0.322 e. The maximum atomic E-state index is 12.6. The van der Waals surface area contributed by atoms with Gasteiger partial charge in [0.1, 0.15) is 5.54 Å². The van der Waals surface area contributed by atoms with Crippen LogP contribution in [0.25, 0.3) is 0 Å². The monoisotopic (exact) mass is 313 g/mol. The standard InChI is InChI=1S/C17H19N3O3/c21-14(13-10-12(13)11-4-2-1-3-5-11)20-8-6-17(7-9-20)15(22)18-16(23)19-17/h1-5,12-13H,6-10H2,(H2,18,19,22,23)/t12-,13+/m0/s1. The van der Waals surface area contributed by atoms with Gasteiger partial charge in [-0.2, -0.15) is 0 Å². The third-order valence-electron chi connectivity index (χ3n) is 5.28. The van der Waals surface area contributed by atoms with E-state index >= 15 is 0 Å². The molecule has 2 aliphatic heterocycles. The SMILES string of the molecule is O=C1NC(=O)C2(CCN(C(=O)[C@@H]3C[C@H]3c3ccccc3)CC2)N1. The molecule has 120 valence electrons. The first kappa shape index (κ1) is 14.2. The number of urea groups is 1. The van der Waals surface area contributed by atoms with Crippen molar-refractivity contribution in [1.82, 2.24) is 15.5 Å². The maximum Gasteiger partial charge on any atom is 0.322 e. The number of piperidine rings is 1. The lowest BCUT2D eigenvalue weighted by molar-refractivity contribution is -0.137. The van der Waals surface area contributed by atoms with E-state index in [0.29, 0.717) is 31.8 Å². The van der Waals surface area contributed by atoms with E-state index in [0.717, 1.165) is 6.42 Å². The summed E-state index contributed by atoms with van der Waals surface area (Å²) in [6.07, 6.45) is 1.87. The minimum atomic E-state index is -0.809. The zero-order valence-electron chi connectivity index (χ0n) is 12.7. The van der Waals surface area contributed by atoms with Gasteiger partial charge >= 0.3 is 6.03 Å². The number of rotatable bonds is 2. The summed E-state index contributed by atoms with van der Waals surface area (Å²) in [5.74, 6) is 0.314. The Kier molecular flexibility index (Phi) is 3.14. The number of hydrogen-bond acceptors (Lipinski definition) is 3. The molecule has 1 aromatic rings. The summed E-state index contributed by atoms with van der Waals surface area (Å²) < 4.78 is 0. The van der Waals surface area contributed by atoms with Gasteiger partial charge in [0.25, 0.3) is 5.91 Å². The van der Waals surface area contributed by atoms with Gasteiger partial charge < -0.3 is 10.2 Å². The van der Waals surface area contributed by atoms with Crippen LogP contribution in [0.2, 0.25) is 0 Å². The van der Waals surface area contributed by atoms with Gasteiger partial charge in [-0.05, 0) is 30.7 Å². The zero-order chi connectivity index (χ0) is 16.0. The molecule has 1 spiro atoms. The van der Waals surface area contributed by atoms with E-state index in [4.69, 9.17) is 0 Å². The highest BCUT2D eigenvalue weighted by molar-refractivity contribution is 6.07. The zero-order valence-corrected chi connectivity index (χ0v) is 12.7. The molecule has 1 saturated carbocycles. The Morgan fingerprint density at radius 1 is 1.13 bits per heavy atom. The Labute approximate surface area is 134 Å². The lowest BCUT2D eigenvalue weighted by Gasteiger charge is -2.37. The molecule has 2 saturated heterocycles. The van der Waals surface area contributed by atoms with Crippen LogP contribution in [0.5, 0.6) is 0 Å². The first-order valence-electron chi connectivity index (χ1n) is 8.06. The predicted molar refractivity (Wildman–Crippen MR) is 82.5 cm³/mol. The molecule has 0 aromatic heterocycles. The number of imide groups is 1. The summed E-state index contributed by atoms with van der Waals surface area (Å²) in [5.41, 5.74) is 0.415. The van der Waals surface area contributed by atoms with Gasteiger partial charge in [-0.25, -0.2) is 4.79 Å². The largest absolute Gasteiger partial charge is 0.342 e. The van der Waals surface area contributed by atoms with E-state index in [-0.39, 0.29) is 17.7 Å². The first-order valence-corrected chi connectivity index (χ1v) is 8.06. The van der Waals surface area contributed by atoms with Crippen molar-refractivity contribution in [3.8, 4) is 0 Å². The summed E-state index contributed by atoms with van der Waals surface area (Å²) in [4.78, 5) is 37.7. The minimum Gasteiger partial charge on any atom is -0.342 e. The highest BCUT2D eigenvalue weighted by Crippen LogP contribution is 2.48. The van der Waals surface area contributed by atoms with Crippen molar-refractivity contribution in [3.63, 3.8) is 0 Å². The maximum absolute atomic E-state index is 12.6. The van der Waals surface area contributed by atoms with Crippen LogP contribution < -0.4 is 10.6 Å². The molecule has 1 aliphatic carbocycles. The topological polar surface area (TPSA) is 78.5 Å². The molecule has 2 heterocycles. The van der Waals surface area contributed by atoms with Crippen molar-refractivity contribution >= 4 is 17.8 Å². The van der Waals surface area contributed by atoms with Gasteiger partial charge in [0.15, 0.2) is 0 Å². The molecule has 6 heteroatoms. The van der Waals surface area contributed by atoms with Gasteiger partial charge in [-0.3, -0.25) is 14.9 Å². The van der Waals surface area contributed by atoms with Crippen molar-refractivity contribution in [2.24, 2.45) is 5.92 Å². The summed E-state index contributed by atoms with van der Waals surface area (Å²) >= 11 is 0. The number of nitrogens with one attached hydrogen (secondary N) is 2. The van der Waals surface area contributed by atoms with Crippen LogP contribution in [-0.4, -0.2) is 41.4 Å². The van der Waals surface area contributed by atoms with E-state index in [1.807, 2.05) is 23.1 Å². The second-order valence-electron chi connectivity index (χ2n) is 6.68. The molecule has 23 heavy (non-hydrogen) atoms. The van der Waals surface area contributed by atoms with E-state index in [1.54, 1.807) is 0 Å². The van der Waals surface area contributed by atoms with Crippen molar-refractivity contribution in [2.75, 3.05) is 13.1 Å². The fourth-order valence-electron chi connectivity index (χ4n) is 3.76. The second-order valence-corrected chi connectivity index (χ2v) is 6.68. The molecule has 0 unspecified atom stereocenters. The Morgan fingerprint density at radius 3 is 2.43 bits per heavy atom. The fraction of sp³-hybridized carbons (Fsp3) is 0.471. The highest BCUT2D eigenvalue weighted by atomic mass is 16.2. The number of likely N-dealkylation sites (tertiary alicyclic amines) is 1. The summed E-state index contributed by atoms with van der Waals surface area (Å²) in [5, 5.41) is 5.01. The van der Waals surface area contributed by atoms with Gasteiger partial charge in [0.05, 0.1) is 0 Å². The number of hydrogen-bond donors (Lipinski definition) is 2. The Balaban J connectivity index is 1.37. The van der Waals surface area contributed by atoms with Crippen molar-refractivity contribution in [2.45, 2.75) is 30.7 Å². The van der Waals surface area contributed by atoms with Crippen molar-refractivity contribution in [3.05, 3.63) is 35.9 Å². The number of carbonyl (C=O) groups is 3. The molecule has 4 amide bonds. The molecule has 3 fully saturated rings. The Hall–Kier alpha value is -2.37. The van der Waals surface area contributed by atoms with E-state index < -0.39 is 11.6 Å². The van der Waals surface area contributed by atoms with Gasteiger partial charge in [-0.15, -0.1) is 0 Å². The molecular formula is C17H19N3O3. The molecule has 1 aromatic carbocycles. The van der Waals surface area contributed by atoms with Crippen LogP contribution in [-0.2, 0) is 9.59 Å². The third kappa shape index (κ3) is 2.38. The Bertz CT molecular complexity index is 665. The van der Waals surface area contributed by atoms with Crippen LogP contribution in [0.15, 0.2) is 30.3 Å². The molecule has 2 atom stereocenters. The van der Waals surface area contributed by atoms with Crippen LogP contribution in [0.1, 0.15) is 30.7 Å². The van der Waals surface area contributed by atoms with E-state index in [2.05, 4.69) is 22.8 Å². The molecule has 0 radical (unpaired) electrons. The average Bonchev–Trinajstić information content (AvgIpc) is 3.31. The highest BCUT2D eigenvalue weighted by Gasteiger charge is 2.51. The van der Waals surface area contributed by atoms with E-state index in [9.17, 15) is 14.4 Å². The van der Waals surface area contributed by atoms with Crippen LogP contribution in [0.3, 0.4) is 0 Å². The van der Waals surface area contributed by atoms with Gasteiger partial charge in [0.2, 0.25) is 5.91 Å². The lowest BCUT2D eigenvalue weighted by Crippen LogP contribution is -2.56. The number of amides is 4. The quantitative estimate of drug-likeness (QED) is 0.799. The lowest BCUT2D eigenvalue weighted by atomic mass is 9.87. The van der Waals surface area contributed by atoms with Crippen molar-refractivity contribution in [1.29, 1.82) is 0 Å².